The molecular weight excluding hydrogens is 773 g/mol. The first-order chi connectivity index (χ1) is 26.8. The van der Waals surface area contributed by atoms with Gasteiger partial charge in [0.1, 0.15) is 24.2 Å². The Balaban J connectivity index is 0.000000531. The highest BCUT2D eigenvalue weighted by molar-refractivity contribution is 5.93. The van der Waals surface area contributed by atoms with Crippen molar-refractivity contribution < 1.29 is 65.2 Å². The summed E-state index contributed by atoms with van der Waals surface area (Å²) < 4.78 is 87.2. The summed E-state index contributed by atoms with van der Waals surface area (Å²) in [6, 6.07) is 19.8. The molecule has 0 aliphatic carbocycles. The Kier molecular flexibility index (Phi) is 15.7. The molecule has 20 heteroatoms. The molecule has 57 heavy (non-hydrogen) atoms. The summed E-state index contributed by atoms with van der Waals surface area (Å²) in [5.74, 6) is -5.32. The van der Waals surface area contributed by atoms with Crippen LogP contribution in [0.15, 0.2) is 79.1 Å². The number of fused-ring (bicyclic) bond motifs is 1. The highest BCUT2D eigenvalue weighted by atomic mass is 19.4. The predicted molar refractivity (Wildman–Crippen MR) is 194 cm³/mol. The van der Waals surface area contributed by atoms with E-state index in [0.717, 1.165) is 21.9 Å². The fourth-order valence-corrected chi connectivity index (χ4v) is 5.03. The van der Waals surface area contributed by atoms with Crippen molar-refractivity contribution in [1.82, 2.24) is 19.9 Å². The number of imidazole rings is 1. The number of ether oxygens (including phenoxy) is 1. The Bertz CT molecular complexity index is 2120. The third kappa shape index (κ3) is 12.8. The lowest BCUT2D eigenvalue weighted by atomic mass is 9.99. The normalized spacial score (nSPS) is 11.7. The van der Waals surface area contributed by atoms with Crippen LogP contribution in [0.25, 0.3) is 22.0 Å². The zero-order chi connectivity index (χ0) is 42.5. The number of aryl methyl sites for hydroxylation is 1. The lowest BCUT2D eigenvalue weighted by Gasteiger charge is -2.24. The first-order valence-corrected chi connectivity index (χ1v) is 16.8. The molecule has 7 N–H and O–H groups in total. The van der Waals surface area contributed by atoms with Crippen molar-refractivity contribution in [2.24, 2.45) is 0 Å². The van der Waals surface area contributed by atoms with Crippen molar-refractivity contribution in [1.29, 1.82) is 0 Å². The lowest BCUT2D eigenvalue weighted by Crippen LogP contribution is -2.31. The molecule has 1 amide bonds. The molecule has 0 spiro atoms. The van der Waals surface area contributed by atoms with Crippen LogP contribution in [-0.4, -0.2) is 79.8 Å². The van der Waals surface area contributed by atoms with E-state index in [9.17, 15) is 36.2 Å². The van der Waals surface area contributed by atoms with E-state index in [1.54, 1.807) is 23.0 Å². The molecule has 1 unspecified atom stereocenters. The minimum Gasteiger partial charge on any atom is -0.491 e. The quantitative estimate of drug-likeness (QED) is 0.0767. The van der Waals surface area contributed by atoms with Gasteiger partial charge in [-0.15, -0.1) is 0 Å². The third-order valence-corrected chi connectivity index (χ3v) is 7.62. The maximum Gasteiger partial charge on any atom is 0.490 e. The average Bonchev–Trinajstić information content (AvgIpc) is 3.57. The van der Waals surface area contributed by atoms with Crippen LogP contribution in [0.5, 0.6) is 5.75 Å². The van der Waals surface area contributed by atoms with E-state index in [4.69, 9.17) is 35.3 Å². The number of hydrogen-bond acceptors (Lipinski definition) is 9. The second-order valence-corrected chi connectivity index (χ2v) is 11.7. The number of carbonyl (C=O) groups is 3. The van der Waals surface area contributed by atoms with Crippen LogP contribution in [-0.2, 0) is 27.3 Å². The van der Waals surface area contributed by atoms with Crippen LogP contribution in [0.4, 0.5) is 42.2 Å². The number of nitrogen functional groups attached to an aromatic ring is 1. The zero-order valence-corrected chi connectivity index (χ0v) is 30.2. The van der Waals surface area contributed by atoms with Gasteiger partial charge in [-0.3, -0.25) is 4.79 Å². The fourth-order valence-electron chi connectivity index (χ4n) is 5.03. The molecule has 3 aromatic carbocycles. The summed E-state index contributed by atoms with van der Waals surface area (Å²) in [5.41, 5.74) is 9.49. The van der Waals surface area contributed by atoms with E-state index in [2.05, 4.69) is 15.6 Å². The van der Waals surface area contributed by atoms with Crippen molar-refractivity contribution in [3.05, 3.63) is 102 Å². The molecule has 13 nitrogen and oxygen atoms in total. The molecule has 306 valence electrons. The number of amides is 1. The SMILES string of the molecule is CCOc1cc(CC)cc(C(Nc2ccc3c(N)nccc3c2)c2nc(-c3ccccc3)cn2CC(=O)NCCO)c1F.O=C(O)C(F)(F)F.O=C(O)C(F)(F)F. The number of aliphatic hydroxyl groups is 1. The number of benzene rings is 3. The van der Waals surface area contributed by atoms with Crippen molar-refractivity contribution in [3.63, 3.8) is 0 Å². The summed E-state index contributed by atoms with van der Waals surface area (Å²) in [4.78, 5) is 39.8. The van der Waals surface area contributed by atoms with Crippen molar-refractivity contribution >= 4 is 40.1 Å². The van der Waals surface area contributed by atoms with Gasteiger partial charge in [-0.1, -0.05) is 43.3 Å². The summed E-state index contributed by atoms with van der Waals surface area (Å²) >= 11 is 0. The second kappa shape index (κ2) is 19.9. The molecule has 5 rings (SSSR count). The molecular formula is C37H37F7N6O7. The van der Waals surface area contributed by atoms with Gasteiger partial charge in [0.25, 0.3) is 0 Å². The molecule has 2 heterocycles. The molecule has 0 aliphatic rings. The van der Waals surface area contributed by atoms with E-state index in [1.807, 2.05) is 74.5 Å². The number of nitrogens with one attached hydrogen (secondary N) is 2. The van der Waals surface area contributed by atoms with Crippen molar-refractivity contribution in [2.45, 2.75) is 45.2 Å². The molecule has 0 bridgehead atoms. The monoisotopic (exact) mass is 810 g/mol. The number of carbonyl (C=O) groups excluding carboxylic acids is 1. The minimum atomic E-state index is -5.08. The van der Waals surface area contributed by atoms with Crippen LogP contribution in [0, 0.1) is 5.82 Å². The van der Waals surface area contributed by atoms with Crippen molar-refractivity contribution in [2.75, 3.05) is 30.8 Å². The molecule has 0 fully saturated rings. The minimum absolute atomic E-state index is 0.0827. The van der Waals surface area contributed by atoms with E-state index < -0.39 is 36.2 Å². The van der Waals surface area contributed by atoms with Gasteiger partial charge in [0, 0.05) is 41.1 Å². The van der Waals surface area contributed by atoms with Gasteiger partial charge in [-0.25, -0.2) is 23.9 Å². The Morgan fingerprint density at radius 1 is 0.930 bits per heavy atom. The highest BCUT2D eigenvalue weighted by Crippen LogP contribution is 2.36. The number of halogens is 7. The molecule has 0 saturated carbocycles. The first kappa shape index (κ1) is 45.0. The number of nitrogens with zero attached hydrogens (tertiary/aromatic N) is 3. The zero-order valence-electron chi connectivity index (χ0n) is 30.2. The standard InChI is InChI=1S/C33H35FN6O3.2C2HF3O2/c1-3-21-16-26(30(34)28(17-21)43-4-2)31(38-24-10-11-25-23(18-24)12-13-37-32(25)35)33-39-27(22-8-6-5-7-9-22)19-40(33)20-29(42)36-14-15-41;2*3-2(4,5)1(6)7/h5-13,16-19,31,38,41H,3-4,14-15,20H2,1-2H3,(H2,35,37)(H,36,42);2*(H,6,7). The van der Waals surface area contributed by atoms with Gasteiger partial charge in [0.2, 0.25) is 5.91 Å². The number of carboxylic acids is 2. The smallest absolute Gasteiger partial charge is 0.490 e. The van der Waals surface area contributed by atoms with Gasteiger partial charge in [-0.2, -0.15) is 26.3 Å². The van der Waals surface area contributed by atoms with Crippen LogP contribution in [0.1, 0.15) is 36.8 Å². The van der Waals surface area contributed by atoms with Gasteiger partial charge in [-0.05, 0) is 54.6 Å². The Hall–Kier alpha value is -6.44. The van der Waals surface area contributed by atoms with E-state index in [1.165, 1.54) is 0 Å². The van der Waals surface area contributed by atoms with Gasteiger partial charge < -0.3 is 41.0 Å². The van der Waals surface area contributed by atoms with E-state index in [-0.39, 0.29) is 31.4 Å². The van der Waals surface area contributed by atoms with Gasteiger partial charge in [0.05, 0.1) is 18.9 Å². The number of aliphatic hydroxyl groups excluding tert-OH is 1. The van der Waals surface area contributed by atoms with Crippen LogP contribution in [0.3, 0.4) is 0 Å². The van der Waals surface area contributed by atoms with E-state index >= 15 is 4.39 Å². The highest BCUT2D eigenvalue weighted by Gasteiger charge is 2.39. The van der Waals surface area contributed by atoms with Crippen molar-refractivity contribution in [3.8, 4) is 17.0 Å². The maximum atomic E-state index is 16.3. The topological polar surface area (TPSA) is 202 Å². The number of rotatable bonds is 12. The number of anilines is 2. The fraction of sp³-hybridized carbons (Fsp3) is 0.270. The second-order valence-electron chi connectivity index (χ2n) is 11.7. The van der Waals surface area contributed by atoms with Crippen LogP contribution < -0.4 is 21.1 Å². The van der Waals surface area contributed by atoms with Crippen LogP contribution >= 0.6 is 0 Å². The Labute approximate surface area is 319 Å². The van der Waals surface area contributed by atoms with Crippen LogP contribution in [0.2, 0.25) is 0 Å². The number of carboxylic acid groups (broad SMARTS) is 2. The summed E-state index contributed by atoms with van der Waals surface area (Å²) in [6.07, 6.45) is -6.08. The molecule has 1 atom stereocenters. The molecule has 2 aromatic heterocycles. The number of hydrogen-bond donors (Lipinski definition) is 6. The summed E-state index contributed by atoms with van der Waals surface area (Å²) in [7, 11) is 0. The predicted octanol–water partition coefficient (Wildman–Crippen LogP) is 6.36. The van der Waals surface area contributed by atoms with Gasteiger partial charge in [0.15, 0.2) is 11.6 Å². The largest absolute Gasteiger partial charge is 0.491 e. The lowest BCUT2D eigenvalue weighted by molar-refractivity contribution is -0.193. The first-order valence-electron chi connectivity index (χ1n) is 16.8. The third-order valence-electron chi connectivity index (χ3n) is 7.62. The number of aromatic nitrogens is 3. The molecule has 0 radical (unpaired) electrons. The number of aliphatic carboxylic acids is 2. The van der Waals surface area contributed by atoms with Gasteiger partial charge >= 0.3 is 24.3 Å². The molecule has 0 saturated heterocycles. The Morgan fingerprint density at radius 3 is 2.12 bits per heavy atom. The summed E-state index contributed by atoms with van der Waals surface area (Å²) in [6.45, 7) is 3.97. The van der Waals surface area contributed by atoms with E-state index in [0.29, 0.717) is 41.6 Å². The number of nitrogens with two attached hydrogens (primary N) is 1. The number of alkyl halides is 6. The summed E-state index contributed by atoms with van der Waals surface area (Å²) in [5, 5.41) is 31.3. The Morgan fingerprint density at radius 2 is 1.56 bits per heavy atom. The maximum absolute atomic E-state index is 16.3. The number of pyridine rings is 1. The average molecular weight is 811 g/mol. The molecule has 0 aliphatic heterocycles. The molecule has 5 aromatic rings.